The predicted octanol–water partition coefficient (Wildman–Crippen LogP) is 6.27. The first-order valence-corrected chi connectivity index (χ1v) is 11.4. The van der Waals surface area contributed by atoms with Gasteiger partial charge < -0.3 is 14.0 Å². The number of benzene rings is 1. The van der Waals surface area contributed by atoms with Gasteiger partial charge in [0.25, 0.3) is 0 Å². The van der Waals surface area contributed by atoms with Crippen LogP contribution in [0.15, 0.2) is 18.2 Å². The molecule has 1 aliphatic carbocycles. The zero-order chi connectivity index (χ0) is 20.0. The summed E-state index contributed by atoms with van der Waals surface area (Å²) in [7, 11) is 1.94. The lowest BCUT2D eigenvalue weighted by Gasteiger charge is -2.28. The van der Waals surface area contributed by atoms with Crippen LogP contribution in [0.1, 0.15) is 70.2 Å². The van der Waals surface area contributed by atoms with Gasteiger partial charge in [-0.25, -0.2) is 0 Å². The summed E-state index contributed by atoms with van der Waals surface area (Å²) in [5.41, 5.74) is 0.792. The Morgan fingerprint density at radius 3 is 2.19 bits per heavy atom. The van der Waals surface area contributed by atoms with Crippen LogP contribution in [-0.2, 0) is 4.52 Å². The summed E-state index contributed by atoms with van der Waals surface area (Å²) in [5, 5.41) is 0. The number of ether oxygens (including phenoxy) is 2. The fourth-order valence-corrected chi connectivity index (χ4v) is 6.01. The van der Waals surface area contributed by atoms with E-state index in [1.807, 2.05) is 18.2 Å². The summed E-state index contributed by atoms with van der Waals surface area (Å²) in [6.07, 6.45) is 6.56. The Morgan fingerprint density at radius 1 is 1.15 bits per heavy atom. The third kappa shape index (κ3) is 6.47. The van der Waals surface area contributed by atoms with Crippen molar-refractivity contribution in [3.8, 4) is 11.5 Å². The second-order valence-corrected chi connectivity index (χ2v) is 10.5. The molecule has 0 spiro atoms. The molecule has 5 heteroatoms. The second kappa shape index (κ2) is 9.89. The number of hydrogen-bond donors (Lipinski definition) is 0. The van der Waals surface area contributed by atoms with Crippen LogP contribution in [0.2, 0.25) is 0 Å². The maximum absolute atomic E-state index is 13.5. The van der Waals surface area contributed by atoms with Crippen LogP contribution in [-0.4, -0.2) is 32.0 Å². The van der Waals surface area contributed by atoms with Crippen LogP contribution >= 0.6 is 8.15 Å². The molecule has 0 bridgehead atoms. The highest BCUT2D eigenvalue weighted by Crippen LogP contribution is 2.50. The van der Waals surface area contributed by atoms with Gasteiger partial charge in [-0.05, 0) is 42.7 Å². The van der Waals surface area contributed by atoms with Crippen LogP contribution in [0.5, 0.6) is 11.5 Å². The minimum absolute atomic E-state index is 0.0342. The van der Waals surface area contributed by atoms with Crippen LogP contribution in [0.4, 0.5) is 0 Å². The van der Waals surface area contributed by atoms with Crippen molar-refractivity contribution < 1.29 is 18.8 Å². The molecule has 0 amide bonds. The molecule has 0 aromatic heterocycles. The maximum atomic E-state index is 13.5. The molecule has 2 atom stereocenters. The number of rotatable bonds is 9. The van der Waals surface area contributed by atoms with Crippen molar-refractivity contribution in [2.75, 3.05) is 20.4 Å². The van der Waals surface area contributed by atoms with E-state index in [1.165, 1.54) is 12.8 Å². The third-order valence-electron chi connectivity index (χ3n) is 4.89. The Balaban J connectivity index is 2.27. The van der Waals surface area contributed by atoms with Crippen LogP contribution in [0.25, 0.3) is 0 Å². The molecule has 4 nitrogen and oxygen atoms in total. The Labute approximate surface area is 165 Å². The highest BCUT2D eigenvalue weighted by Gasteiger charge is 2.32. The molecular weight excluding hydrogens is 359 g/mol. The highest BCUT2D eigenvalue weighted by molar-refractivity contribution is 7.71. The van der Waals surface area contributed by atoms with Crippen molar-refractivity contribution in [2.24, 2.45) is 11.3 Å². The topological polar surface area (TPSA) is 44.8 Å². The van der Waals surface area contributed by atoms with E-state index in [0.717, 1.165) is 25.4 Å². The van der Waals surface area contributed by atoms with Crippen LogP contribution in [0, 0.1) is 11.3 Å². The molecule has 0 N–H and O–H groups in total. The van der Waals surface area contributed by atoms with Gasteiger partial charge in [0.2, 0.25) is 5.52 Å². The molecule has 1 aromatic carbocycles. The lowest BCUT2D eigenvalue weighted by molar-refractivity contribution is 0.104. The van der Waals surface area contributed by atoms with Gasteiger partial charge in [-0.15, -0.1) is 0 Å². The largest absolute Gasteiger partial charge is 0.496 e. The van der Waals surface area contributed by atoms with E-state index >= 15 is 0 Å². The quantitative estimate of drug-likeness (QED) is 0.463. The summed E-state index contributed by atoms with van der Waals surface area (Å²) < 4.78 is 17.4. The number of carbonyl (C=O) groups excluding carboxylic acids is 1. The zero-order valence-corrected chi connectivity index (χ0v) is 18.6. The Morgan fingerprint density at radius 2 is 1.70 bits per heavy atom. The van der Waals surface area contributed by atoms with Crippen molar-refractivity contribution in [1.29, 1.82) is 0 Å². The molecular formula is C22H35O4P. The fraction of sp³-hybridized carbons (Fsp3) is 0.682. The number of hydrogen-bond acceptors (Lipinski definition) is 4. The summed E-state index contributed by atoms with van der Waals surface area (Å²) >= 11 is 0. The molecule has 27 heavy (non-hydrogen) atoms. The SMILES string of the molecule is COc1cccc(OC)c1C(=O)P(CC(C)CC(C)(C)C)OC1CCCC1. The first kappa shape index (κ1) is 22.2. The van der Waals surface area contributed by atoms with E-state index in [2.05, 4.69) is 27.7 Å². The Hall–Kier alpha value is -1.12. The van der Waals surface area contributed by atoms with E-state index in [-0.39, 0.29) is 17.0 Å². The lowest BCUT2D eigenvalue weighted by Crippen LogP contribution is -2.18. The minimum atomic E-state index is -1.24. The van der Waals surface area contributed by atoms with E-state index in [1.54, 1.807) is 14.2 Å². The van der Waals surface area contributed by atoms with E-state index < -0.39 is 8.15 Å². The van der Waals surface area contributed by atoms with Gasteiger partial charge in [-0.1, -0.05) is 46.6 Å². The summed E-state index contributed by atoms with van der Waals surface area (Å²) in [4.78, 5) is 13.5. The fourth-order valence-electron chi connectivity index (χ4n) is 3.93. The Kier molecular flexibility index (Phi) is 8.12. The summed E-state index contributed by atoms with van der Waals surface area (Å²) in [5.74, 6) is 1.54. The summed E-state index contributed by atoms with van der Waals surface area (Å²) in [6.45, 7) is 8.96. The molecule has 0 heterocycles. The van der Waals surface area contributed by atoms with E-state index in [4.69, 9.17) is 14.0 Å². The van der Waals surface area contributed by atoms with Crippen LogP contribution < -0.4 is 9.47 Å². The highest BCUT2D eigenvalue weighted by atomic mass is 31.1. The van der Waals surface area contributed by atoms with Crippen molar-refractivity contribution in [1.82, 2.24) is 0 Å². The van der Waals surface area contributed by atoms with Crippen molar-refractivity contribution >= 4 is 13.7 Å². The first-order chi connectivity index (χ1) is 12.7. The molecule has 0 saturated heterocycles. The average Bonchev–Trinajstić information content (AvgIpc) is 3.11. The van der Waals surface area contributed by atoms with Gasteiger partial charge in [-0.3, -0.25) is 4.79 Å². The van der Waals surface area contributed by atoms with Gasteiger partial charge in [0.1, 0.15) is 25.2 Å². The molecule has 0 radical (unpaired) electrons. The van der Waals surface area contributed by atoms with E-state index in [0.29, 0.717) is 23.0 Å². The smallest absolute Gasteiger partial charge is 0.218 e. The predicted molar refractivity (Wildman–Crippen MR) is 112 cm³/mol. The van der Waals surface area contributed by atoms with Crippen molar-refractivity contribution in [2.45, 2.75) is 65.9 Å². The molecule has 1 aromatic rings. The van der Waals surface area contributed by atoms with Gasteiger partial charge in [-0.2, -0.15) is 0 Å². The molecule has 1 saturated carbocycles. The molecule has 152 valence electrons. The van der Waals surface area contributed by atoms with Gasteiger partial charge in [0, 0.05) is 6.16 Å². The first-order valence-electron chi connectivity index (χ1n) is 9.94. The number of carbonyl (C=O) groups is 1. The van der Waals surface area contributed by atoms with Gasteiger partial charge >= 0.3 is 0 Å². The van der Waals surface area contributed by atoms with Crippen molar-refractivity contribution in [3.05, 3.63) is 23.8 Å². The molecule has 2 unspecified atom stereocenters. The monoisotopic (exact) mass is 394 g/mol. The molecule has 1 aliphatic rings. The zero-order valence-electron chi connectivity index (χ0n) is 17.7. The number of methoxy groups -OCH3 is 2. The van der Waals surface area contributed by atoms with Crippen LogP contribution in [0.3, 0.4) is 0 Å². The van der Waals surface area contributed by atoms with Gasteiger partial charge in [0.15, 0.2) is 0 Å². The van der Waals surface area contributed by atoms with Gasteiger partial charge in [0.05, 0.1) is 20.3 Å². The average molecular weight is 394 g/mol. The second-order valence-electron chi connectivity index (χ2n) is 8.79. The minimum Gasteiger partial charge on any atom is -0.496 e. The molecule has 1 fully saturated rings. The third-order valence-corrected chi connectivity index (χ3v) is 7.07. The standard InChI is InChI=1S/C22H35O4P/c1-16(14-22(2,3)4)15-27(26-17-10-7-8-11-17)21(23)20-18(24-5)12-9-13-19(20)25-6/h9,12-13,16-17H,7-8,10-11,14-15H2,1-6H3. The normalized spacial score (nSPS) is 17.6. The molecule has 2 rings (SSSR count). The Bertz CT molecular complexity index is 595. The lowest BCUT2D eigenvalue weighted by atomic mass is 9.86. The van der Waals surface area contributed by atoms with E-state index in [9.17, 15) is 4.79 Å². The van der Waals surface area contributed by atoms with Crippen molar-refractivity contribution in [3.63, 3.8) is 0 Å². The maximum Gasteiger partial charge on any atom is 0.218 e. The summed E-state index contributed by atoms with van der Waals surface area (Å²) in [6, 6.07) is 5.48. The molecule has 0 aliphatic heterocycles.